The third kappa shape index (κ3) is 4.49. The fourth-order valence-corrected chi connectivity index (χ4v) is 2.20. The first-order valence-corrected chi connectivity index (χ1v) is 6.36. The van der Waals surface area contributed by atoms with Crippen molar-refractivity contribution in [1.29, 1.82) is 0 Å². The maximum atomic E-state index is 11.8. The second-order valence-corrected chi connectivity index (χ2v) is 4.63. The van der Waals surface area contributed by atoms with Crippen LogP contribution in [0.25, 0.3) is 0 Å². The molecule has 1 saturated heterocycles. The van der Waals surface area contributed by atoms with Crippen molar-refractivity contribution in [3.8, 4) is 0 Å². The molecule has 1 atom stereocenters. The summed E-state index contributed by atoms with van der Waals surface area (Å²) in [5.41, 5.74) is 5.40. The highest BCUT2D eigenvalue weighted by Gasteiger charge is 2.22. The standard InChI is InChI=1S/C12H24N2O2/c13-7-3-1-2-6-12(16)14-8-4-5-11(9-14)10-15/h11,15H,1-10,13H2. The van der Waals surface area contributed by atoms with E-state index in [4.69, 9.17) is 10.8 Å². The minimum absolute atomic E-state index is 0.205. The molecule has 4 nitrogen and oxygen atoms in total. The molecule has 1 unspecified atom stereocenters. The molecule has 0 aromatic carbocycles. The van der Waals surface area contributed by atoms with Crippen LogP contribution in [-0.2, 0) is 4.79 Å². The summed E-state index contributed by atoms with van der Waals surface area (Å²) in [6, 6.07) is 0. The summed E-state index contributed by atoms with van der Waals surface area (Å²) in [4.78, 5) is 13.7. The van der Waals surface area contributed by atoms with Gasteiger partial charge in [0.15, 0.2) is 0 Å². The molecule has 1 aliphatic heterocycles. The van der Waals surface area contributed by atoms with Crippen molar-refractivity contribution in [2.75, 3.05) is 26.2 Å². The second-order valence-electron chi connectivity index (χ2n) is 4.63. The normalized spacial score (nSPS) is 21.1. The summed E-state index contributed by atoms with van der Waals surface area (Å²) in [5.74, 6) is 0.539. The van der Waals surface area contributed by atoms with Gasteiger partial charge in [-0.2, -0.15) is 0 Å². The van der Waals surface area contributed by atoms with Crippen LogP contribution in [0.15, 0.2) is 0 Å². The molecule has 16 heavy (non-hydrogen) atoms. The molecular formula is C12H24N2O2. The Balaban J connectivity index is 2.19. The van der Waals surface area contributed by atoms with Crippen LogP contribution < -0.4 is 5.73 Å². The van der Waals surface area contributed by atoms with Gasteiger partial charge in [0.1, 0.15) is 0 Å². The zero-order chi connectivity index (χ0) is 11.8. The van der Waals surface area contributed by atoms with E-state index in [2.05, 4.69) is 0 Å². The minimum Gasteiger partial charge on any atom is -0.396 e. The molecule has 1 heterocycles. The number of carbonyl (C=O) groups excluding carboxylic acids is 1. The van der Waals surface area contributed by atoms with Gasteiger partial charge < -0.3 is 15.7 Å². The Morgan fingerprint density at radius 3 is 2.88 bits per heavy atom. The summed E-state index contributed by atoms with van der Waals surface area (Å²) in [6.07, 6.45) is 5.70. The number of rotatable bonds is 6. The van der Waals surface area contributed by atoms with Gasteiger partial charge in [0, 0.05) is 26.1 Å². The van der Waals surface area contributed by atoms with Crippen LogP contribution >= 0.6 is 0 Å². The average molecular weight is 228 g/mol. The Morgan fingerprint density at radius 1 is 1.38 bits per heavy atom. The van der Waals surface area contributed by atoms with Crippen LogP contribution in [0.5, 0.6) is 0 Å². The third-order valence-corrected chi connectivity index (χ3v) is 3.22. The zero-order valence-electron chi connectivity index (χ0n) is 10.0. The number of hydrogen-bond donors (Lipinski definition) is 2. The minimum atomic E-state index is 0.205. The topological polar surface area (TPSA) is 66.6 Å². The number of aliphatic hydroxyl groups is 1. The van der Waals surface area contributed by atoms with Crippen LogP contribution in [-0.4, -0.2) is 42.2 Å². The predicted molar refractivity (Wildman–Crippen MR) is 63.9 cm³/mol. The lowest BCUT2D eigenvalue weighted by molar-refractivity contribution is -0.133. The van der Waals surface area contributed by atoms with Crippen LogP contribution in [0.4, 0.5) is 0 Å². The molecule has 1 rings (SSSR count). The van der Waals surface area contributed by atoms with Gasteiger partial charge in [-0.3, -0.25) is 4.79 Å². The summed E-state index contributed by atoms with van der Waals surface area (Å²) < 4.78 is 0. The monoisotopic (exact) mass is 228 g/mol. The van der Waals surface area contributed by atoms with Gasteiger partial charge >= 0.3 is 0 Å². The van der Waals surface area contributed by atoms with E-state index in [0.29, 0.717) is 18.9 Å². The third-order valence-electron chi connectivity index (χ3n) is 3.22. The highest BCUT2D eigenvalue weighted by molar-refractivity contribution is 5.76. The number of aliphatic hydroxyl groups excluding tert-OH is 1. The average Bonchev–Trinajstić information content (AvgIpc) is 2.34. The van der Waals surface area contributed by atoms with E-state index in [1.54, 1.807) is 0 Å². The van der Waals surface area contributed by atoms with Gasteiger partial charge in [-0.05, 0) is 38.1 Å². The summed E-state index contributed by atoms with van der Waals surface area (Å²) in [6.45, 7) is 2.53. The van der Waals surface area contributed by atoms with Gasteiger partial charge in [0.05, 0.1) is 0 Å². The van der Waals surface area contributed by atoms with Gasteiger partial charge in [0.2, 0.25) is 5.91 Å². The molecule has 3 N–H and O–H groups in total. The van der Waals surface area contributed by atoms with E-state index in [-0.39, 0.29) is 12.5 Å². The molecule has 0 aromatic rings. The molecule has 0 bridgehead atoms. The lowest BCUT2D eigenvalue weighted by Gasteiger charge is -2.32. The van der Waals surface area contributed by atoms with Crippen molar-refractivity contribution in [1.82, 2.24) is 4.90 Å². The first-order chi connectivity index (χ1) is 7.77. The van der Waals surface area contributed by atoms with E-state index in [1.807, 2.05) is 4.90 Å². The van der Waals surface area contributed by atoms with E-state index in [0.717, 1.165) is 45.2 Å². The molecule has 1 aliphatic rings. The highest BCUT2D eigenvalue weighted by atomic mass is 16.3. The molecule has 0 aromatic heterocycles. The quantitative estimate of drug-likeness (QED) is 0.659. The molecule has 0 spiro atoms. The van der Waals surface area contributed by atoms with Crippen molar-refractivity contribution in [2.24, 2.45) is 11.7 Å². The van der Waals surface area contributed by atoms with Crippen LogP contribution in [0.1, 0.15) is 38.5 Å². The number of amides is 1. The van der Waals surface area contributed by atoms with Crippen LogP contribution in [0.3, 0.4) is 0 Å². The fraction of sp³-hybridized carbons (Fsp3) is 0.917. The maximum absolute atomic E-state index is 11.8. The Bertz CT molecular complexity index is 209. The van der Waals surface area contributed by atoms with Gasteiger partial charge in [-0.15, -0.1) is 0 Å². The fourth-order valence-electron chi connectivity index (χ4n) is 2.20. The van der Waals surface area contributed by atoms with Crippen molar-refractivity contribution in [3.63, 3.8) is 0 Å². The predicted octanol–water partition coefficient (Wildman–Crippen LogP) is 0.736. The van der Waals surface area contributed by atoms with Crippen molar-refractivity contribution < 1.29 is 9.90 Å². The lowest BCUT2D eigenvalue weighted by Crippen LogP contribution is -2.40. The smallest absolute Gasteiger partial charge is 0.222 e. The summed E-state index contributed by atoms with van der Waals surface area (Å²) >= 11 is 0. The molecule has 0 radical (unpaired) electrons. The first kappa shape index (κ1) is 13.5. The van der Waals surface area contributed by atoms with Crippen molar-refractivity contribution >= 4 is 5.91 Å². The van der Waals surface area contributed by atoms with Crippen molar-refractivity contribution in [2.45, 2.75) is 38.5 Å². The van der Waals surface area contributed by atoms with E-state index < -0.39 is 0 Å². The van der Waals surface area contributed by atoms with Gasteiger partial charge in [-0.25, -0.2) is 0 Å². The zero-order valence-corrected chi connectivity index (χ0v) is 10.0. The number of likely N-dealkylation sites (tertiary alicyclic amines) is 1. The number of nitrogens with zero attached hydrogens (tertiary/aromatic N) is 1. The largest absolute Gasteiger partial charge is 0.396 e. The highest BCUT2D eigenvalue weighted by Crippen LogP contribution is 2.17. The molecule has 4 heteroatoms. The molecule has 94 valence electrons. The van der Waals surface area contributed by atoms with Gasteiger partial charge in [-0.1, -0.05) is 6.42 Å². The Morgan fingerprint density at radius 2 is 2.19 bits per heavy atom. The molecule has 0 aliphatic carbocycles. The number of hydrogen-bond acceptors (Lipinski definition) is 3. The van der Waals surface area contributed by atoms with Crippen molar-refractivity contribution in [3.05, 3.63) is 0 Å². The Kier molecular flexibility index (Phi) is 6.42. The number of nitrogens with two attached hydrogens (primary N) is 1. The summed E-state index contributed by atoms with van der Waals surface area (Å²) in [5, 5.41) is 9.08. The van der Waals surface area contributed by atoms with E-state index in [9.17, 15) is 4.79 Å². The summed E-state index contributed by atoms with van der Waals surface area (Å²) in [7, 11) is 0. The van der Waals surface area contributed by atoms with E-state index >= 15 is 0 Å². The molecule has 0 saturated carbocycles. The molecular weight excluding hydrogens is 204 g/mol. The number of unbranched alkanes of at least 4 members (excludes halogenated alkanes) is 2. The first-order valence-electron chi connectivity index (χ1n) is 6.36. The molecule has 1 amide bonds. The van der Waals surface area contributed by atoms with Crippen LogP contribution in [0.2, 0.25) is 0 Å². The number of piperidine rings is 1. The van der Waals surface area contributed by atoms with E-state index in [1.165, 1.54) is 0 Å². The lowest BCUT2D eigenvalue weighted by atomic mass is 9.98. The maximum Gasteiger partial charge on any atom is 0.222 e. The number of carbonyl (C=O) groups is 1. The van der Waals surface area contributed by atoms with Gasteiger partial charge in [0.25, 0.3) is 0 Å². The SMILES string of the molecule is NCCCCCC(=O)N1CCCC(CO)C1. The molecule has 1 fully saturated rings. The second kappa shape index (κ2) is 7.63. The van der Waals surface area contributed by atoms with Crippen LogP contribution in [0, 0.1) is 5.92 Å². The Labute approximate surface area is 97.8 Å². The Hall–Kier alpha value is -0.610.